The summed E-state index contributed by atoms with van der Waals surface area (Å²) in [5.41, 5.74) is -0.358. The van der Waals surface area contributed by atoms with Crippen LogP contribution in [0.25, 0.3) is 0 Å². The maximum atomic E-state index is 12.4. The maximum Gasteiger partial charge on any atom is 0.416 e. The van der Waals surface area contributed by atoms with E-state index < -0.39 is 17.8 Å². The number of rotatable bonds is 2. The first kappa shape index (κ1) is 13.4. The Kier molecular flexibility index (Phi) is 3.66. The summed E-state index contributed by atoms with van der Waals surface area (Å²) in [6.45, 7) is 0. The third-order valence-electron chi connectivity index (χ3n) is 2.45. The Balaban J connectivity index is 2.28. The molecule has 1 unspecified atom stereocenters. The predicted octanol–water partition coefficient (Wildman–Crippen LogP) is 4.50. The quantitative estimate of drug-likeness (QED) is 0.864. The Bertz CT molecular complexity index is 533. The number of aliphatic hydroxyl groups is 1. The maximum absolute atomic E-state index is 12.4. The topological polar surface area (TPSA) is 20.2 Å². The van der Waals surface area contributed by atoms with Crippen molar-refractivity contribution in [2.24, 2.45) is 0 Å². The van der Waals surface area contributed by atoms with Gasteiger partial charge in [-0.25, -0.2) is 0 Å². The second-order valence-corrected chi connectivity index (χ2v) is 5.01. The average molecular weight is 293 g/mol. The molecule has 6 heteroatoms. The lowest BCUT2D eigenvalue weighted by molar-refractivity contribution is -0.137. The summed E-state index contributed by atoms with van der Waals surface area (Å²) >= 11 is 7.12. The summed E-state index contributed by atoms with van der Waals surface area (Å²) < 4.78 is 37.1. The van der Waals surface area contributed by atoms with Gasteiger partial charge in [0.1, 0.15) is 6.10 Å². The monoisotopic (exact) mass is 292 g/mol. The first-order valence-corrected chi connectivity index (χ1v) is 6.23. The van der Waals surface area contributed by atoms with Crippen LogP contribution in [-0.2, 0) is 6.18 Å². The van der Waals surface area contributed by atoms with Crippen molar-refractivity contribution >= 4 is 22.9 Å². The van der Waals surface area contributed by atoms with E-state index in [9.17, 15) is 18.3 Å². The third kappa shape index (κ3) is 2.68. The molecular formula is C12H8ClF3OS. The highest BCUT2D eigenvalue weighted by atomic mass is 35.5. The molecule has 2 aromatic rings. The van der Waals surface area contributed by atoms with E-state index in [1.54, 1.807) is 11.4 Å². The van der Waals surface area contributed by atoms with Crippen molar-refractivity contribution in [2.45, 2.75) is 12.3 Å². The van der Waals surface area contributed by atoms with Crippen LogP contribution in [0, 0.1) is 0 Å². The van der Waals surface area contributed by atoms with Crippen LogP contribution in [0.5, 0.6) is 0 Å². The van der Waals surface area contributed by atoms with Crippen LogP contribution in [0.2, 0.25) is 5.02 Å². The Morgan fingerprint density at radius 3 is 2.17 bits per heavy atom. The fourth-order valence-corrected chi connectivity index (χ4v) is 2.68. The van der Waals surface area contributed by atoms with Crippen LogP contribution in [0.4, 0.5) is 13.2 Å². The van der Waals surface area contributed by atoms with E-state index in [1.807, 2.05) is 0 Å². The van der Waals surface area contributed by atoms with E-state index in [2.05, 4.69) is 0 Å². The molecule has 96 valence electrons. The summed E-state index contributed by atoms with van der Waals surface area (Å²) in [5, 5.41) is 12.1. The molecule has 0 spiro atoms. The van der Waals surface area contributed by atoms with Crippen molar-refractivity contribution < 1.29 is 18.3 Å². The van der Waals surface area contributed by atoms with E-state index in [-0.39, 0.29) is 0 Å². The summed E-state index contributed by atoms with van der Waals surface area (Å²) in [6, 6.07) is 6.03. The number of hydrogen-bond donors (Lipinski definition) is 1. The molecular weight excluding hydrogens is 285 g/mol. The molecule has 1 aromatic carbocycles. The molecule has 0 aliphatic carbocycles. The largest absolute Gasteiger partial charge is 0.416 e. The van der Waals surface area contributed by atoms with Gasteiger partial charge in [0.2, 0.25) is 0 Å². The molecule has 1 N–H and O–H groups in total. The number of aliphatic hydroxyl groups excluding tert-OH is 1. The van der Waals surface area contributed by atoms with Gasteiger partial charge in [0, 0.05) is 0 Å². The Hall–Kier alpha value is -1.04. The standard InChI is InChI=1S/C12H8ClF3OS/c13-9-5-6-18-11(9)10(17)7-1-3-8(4-2-7)12(14,15)16/h1-6,10,17H. The van der Waals surface area contributed by atoms with Gasteiger partial charge in [-0.05, 0) is 29.1 Å². The second kappa shape index (κ2) is 4.91. The van der Waals surface area contributed by atoms with Crippen LogP contribution < -0.4 is 0 Å². The van der Waals surface area contributed by atoms with Crippen molar-refractivity contribution in [3.05, 3.63) is 56.7 Å². The van der Waals surface area contributed by atoms with Gasteiger partial charge in [-0.15, -0.1) is 11.3 Å². The average Bonchev–Trinajstić information content (AvgIpc) is 2.73. The van der Waals surface area contributed by atoms with Crippen LogP contribution in [0.1, 0.15) is 22.1 Å². The fraction of sp³-hybridized carbons (Fsp3) is 0.167. The molecule has 0 aliphatic rings. The van der Waals surface area contributed by atoms with Crippen molar-refractivity contribution in [1.29, 1.82) is 0 Å². The van der Waals surface area contributed by atoms with Gasteiger partial charge >= 0.3 is 6.18 Å². The highest BCUT2D eigenvalue weighted by Crippen LogP contribution is 2.34. The van der Waals surface area contributed by atoms with Gasteiger partial charge in [-0.2, -0.15) is 13.2 Å². The molecule has 1 aromatic heterocycles. The Morgan fingerprint density at radius 2 is 1.72 bits per heavy atom. The molecule has 1 atom stereocenters. The minimum absolute atomic E-state index is 0.382. The number of benzene rings is 1. The lowest BCUT2D eigenvalue weighted by atomic mass is 10.1. The molecule has 0 fully saturated rings. The normalized spacial score (nSPS) is 13.6. The molecule has 0 saturated carbocycles. The number of hydrogen-bond acceptors (Lipinski definition) is 2. The van der Waals surface area contributed by atoms with Crippen LogP contribution >= 0.6 is 22.9 Å². The van der Waals surface area contributed by atoms with E-state index in [1.165, 1.54) is 23.5 Å². The lowest BCUT2D eigenvalue weighted by Gasteiger charge is -2.12. The van der Waals surface area contributed by atoms with Gasteiger partial charge in [0.15, 0.2) is 0 Å². The zero-order valence-electron chi connectivity index (χ0n) is 8.91. The molecule has 0 amide bonds. The van der Waals surface area contributed by atoms with E-state index in [0.29, 0.717) is 15.5 Å². The van der Waals surface area contributed by atoms with Crippen molar-refractivity contribution in [1.82, 2.24) is 0 Å². The highest BCUT2D eigenvalue weighted by Gasteiger charge is 2.30. The zero-order chi connectivity index (χ0) is 13.3. The van der Waals surface area contributed by atoms with Crippen LogP contribution in [0.15, 0.2) is 35.7 Å². The van der Waals surface area contributed by atoms with Gasteiger partial charge in [-0.3, -0.25) is 0 Å². The summed E-state index contributed by atoms with van der Waals surface area (Å²) in [5.74, 6) is 0. The number of halogens is 4. The van der Waals surface area contributed by atoms with E-state index in [4.69, 9.17) is 11.6 Å². The van der Waals surface area contributed by atoms with Gasteiger partial charge in [0.05, 0.1) is 15.5 Å². The molecule has 1 nitrogen and oxygen atoms in total. The molecule has 0 bridgehead atoms. The van der Waals surface area contributed by atoms with Crippen molar-refractivity contribution in [3.63, 3.8) is 0 Å². The summed E-state index contributed by atoms with van der Waals surface area (Å²) in [4.78, 5) is 0.524. The SMILES string of the molecule is OC(c1ccc(C(F)(F)F)cc1)c1sccc1Cl. The minimum Gasteiger partial charge on any atom is -0.383 e. The molecule has 1 heterocycles. The van der Waals surface area contributed by atoms with E-state index >= 15 is 0 Å². The second-order valence-electron chi connectivity index (χ2n) is 3.66. The van der Waals surface area contributed by atoms with Gasteiger partial charge in [0.25, 0.3) is 0 Å². The van der Waals surface area contributed by atoms with Crippen LogP contribution in [-0.4, -0.2) is 5.11 Å². The first-order valence-electron chi connectivity index (χ1n) is 4.97. The van der Waals surface area contributed by atoms with Gasteiger partial charge < -0.3 is 5.11 Å². The zero-order valence-corrected chi connectivity index (χ0v) is 10.5. The van der Waals surface area contributed by atoms with E-state index in [0.717, 1.165) is 12.1 Å². The van der Waals surface area contributed by atoms with Gasteiger partial charge in [-0.1, -0.05) is 23.7 Å². The van der Waals surface area contributed by atoms with Crippen molar-refractivity contribution in [3.8, 4) is 0 Å². The summed E-state index contributed by atoms with van der Waals surface area (Å²) in [6.07, 6.45) is -5.37. The molecule has 0 aliphatic heterocycles. The first-order chi connectivity index (χ1) is 8.39. The number of alkyl halides is 3. The Morgan fingerprint density at radius 1 is 1.11 bits per heavy atom. The predicted molar refractivity (Wildman–Crippen MR) is 64.8 cm³/mol. The molecule has 2 rings (SSSR count). The molecule has 0 radical (unpaired) electrons. The molecule has 18 heavy (non-hydrogen) atoms. The minimum atomic E-state index is -4.37. The smallest absolute Gasteiger partial charge is 0.383 e. The highest BCUT2D eigenvalue weighted by molar-refractivity contribution is 7.10. The van der Waals surface area contributed by atoms with Crippen LogP contribution in [0.3, 0.4) is 0 Å². The molecule has 0 saturated heterocycles. The third-order valence-corrected chi connectivity index (χ3v) is 3.86. The fourth-order valence-electron chi connectivity index (χ4n) is 1.51. The Labute approximate surface area is 110 Å². The number of thiophene rings is 1. The summed E-state index contributed by atoms with van der Waals surface area (Å²) in [7, 11) is 0. The van der Waals surface area contributed by atoms with Crippen molar-refractivity contribution in [2.75, 3.05) is 0 Å². The lowest BCUT2D eigenvalue weighted by Crippen LogP contribution is -2.05.